The fourth-order valence-corrected chi connectivity index (χ4v) is 3.14. The topological polar surface area (TPSA) is 52.0 Å². The van der Waals surface area contributed by atoms with E-state index in [4.69, 9.17) is 21.9 Å². The standard InChI is InChI=1S/C15H9Br2ClN2O/c16-8-5-6-12(18)10(7-8)14-13(15(19)21-20-14)9-3-1-2-4-11(9)17/h1-7H,19H2. The quantitative estimate of drug-likeness (QED) is 0.564. The Hall–Kier alpha value is -1.30. The van der Waals surface area contributed by atoms with Gasteiger partial charge in [-0.2, -0.15) is 0 Å². The zero-order chi connectivity index (χ0) is 15.0. The van der Waals surface area contributed by atoms with Gasteiger partial charge in [0.05, 0.1) is 10.6 Å². The zero-order valence-corrected chi connectivity index (χ0v) is 14.5. The monoisotopic (exact) mass is 426 g/mol. The Kier molecular flexibility index (Phi) is 4.06. The van der Waals surface area contributed by atoms with Crippen LogP contribution in [0.25, 0.3) is 22.4 Å². The first-order valence-electron chi connectivity index (χ1n) is 6.03. The van der Waals surface area contributed by atoms with Crippen molar-refractivity contribution < 1.29 is 4.52 Å². The SMILES string of the molecule is Nc1onc(-c2cc(Br)ccc2Cl)c1-c1ccccc1Br. The van der Waals surface area contributed by atoms with Crippen LogP contribution >= 0.6 is 43.5 Å². The Morgan fingerprint density at radius 1 is 1.05 bits per heavy atom. The highest BCUT2D eigenvalue weighted by Gasteiger charge is 2.21. The molecule has 0 aliphatic carbocycles. The molecule has 106 valence electrons. The lowest BCUT2D eigenvalue weighted by Crippen LogP contribution is -1.89. The first kappa shape index (κ1) is 14.6. The summed E-state index contributed by atoms with van der Waals surface area (Å²) in [5, 5.41) is 4.66. The van der Waals surface area contributed by atoms with Gasteiger partial charge in [-0.05, 0) is 24.3 Å². The summed E-state index contributed by atoms with van der Waals surface area (Å²) < 4.78 is 7.00. The van der Waals surface area contributed by atoms with Crippen LogP contribution in [0.4, 0.5) is 5.88 Å². The van der Waals surface area contributed by atoms with Crippen LogP contribution in [-0.4, -0.2) is 5.16 Å². The molecule has 0 amide bonds. The Morgan fingerprint density at radius 2 is 1.81 bits per heavy atom. The Balaban J connectivity index is 2.27. The molecular weight excluding hydrogens is 419 g/mol. The van der Waals surface area contributed by atoms with E-state index in [0.717, 1.165) is 25.6 Å². The van der Waals surface area contributed by atoms with Gasteiger partial charge in [0.1, 0.15) is 5.69 Å². The Morgan fingerprint density at radius 3 is 2.57 bits per heavy atom. The molecule has 1 heterocycles. The van der Waals surface area contributed by atoms with E-state index in [-0.39, 0.29) is 5.88 Å². The first-order valence-corrected chi connectivity index (χ1v) is 8.00. The molecule has 0 atom stereocenters. The second-order valence-corrected chi connectivity index (χ2v) is 6.55. The van der Waals surface area contributed by atoms with Gasteiger partial charge < -0.3 is 10.3 Å². The van der Waals surface area contributed by atoms with Gasteiger partial charge in [-0.15, -0.1) is 0 Å². The van der Waals surface area contributed by atoms with Crippen LogP contribution in [0.15, 0.2) is 55.9 Å². The van der Waals surface area contributed by atoms with Crippen molar-refractivity contribution in [1.29, 1.82) is 0 Å². The number of halogens is 3. The highest BCUT2D eigenvalue weighted by atomic mass is 79.9. The maximum absolute atomic E-state index is 6.28. The van der Waals surface area contributed by atoms with Gasteiger partial charge >= 0.3 is 0 Å². The van der Waals surface area contributed by atoms with E-state index >= 15 is 0 Å². The van der Waals surface area contributed by atoms with Gasteiger partial charge in [0.25, 0.3) is 0 Å². The highest BCUT2D eigenvalue weighted by Crippen LogP contribution is 2.42. The van der Waals surface area contributed by atoms with Crippen LogP contribution in [0.5, 0.6) is 0 Å². The van der Waals surface area contributed by atoms with Crippen molar-refractivity contribution in [3.8, 4) is 22.4 Å². The molecule has 0 saturated carbocycles. The van der Waals surface area contributed by atoms with E-state index in [1.807, 2.05) is 36.4 Å². The van der Waals surface area contributed by atoms with Crippen LogP contribution in [0, 0.1) is 0 Å². The van der Waals surface area contributed by atoms with Crippen molar-refractivity contribution in [2.24, 2.45) is 0 Å². The first-order chi connectivity index (χ1) is 10.1. The molecule has 2 N–H and O–H groups in total. The molecule has 0 bridgehead atoms. The number of nitrogens with zero attached hydrogens (tertiary/aromatic N) is 1. The molecule has 1 aromatic heterocycles. The maximum atomic E-state index is 6.28. The average molecular weight is 429 g/mol. The third kappa shape index (κ3) is 2.73. The molecule has 0 aliphatic heterocycles. The summed E-state index contributed by atoms with van der Waals surface area (Å²) in [6.07, 6.45) is 0. The molecule has 0 radical (unpaired) electrons. The molecule has 0 saturated heterocycles. The molecule has 0 aliphatic rings. The third-order valence-corrected chi connectivity index (χ3v) is 4.56. The molecule has 0 unspecified atom stereocenters. The molecule has 21 heavy (non-hydrogen) atoms. The van der Waals surface area contributed by atoms with Crippen LogP contribution in [-0.2, 0) is 0 Å². The number of hydrogen-bond acceptors (Lipinski definition) is 3. The molecule has 2 aromatic carbocycles. The number of aromatic nitrogens is 1. The number of rotatable bonds is 2. The van der Waals surface area contributed by atoms with Gasteiger partial charge in [0, 0.05) is 20.1 Å². The molecule has 3 aromatic rings. The largest absolute Gasteiger partial charge is 0.367 e. The Bertz CT molecular complexity index is 817. The molecule has 6 heteroatoms. The number of benzene rings is 2. The fraction of sp³-hybridized carbons (Fsp3) is 0. The number of hydrogen-bond donors (Lipinski definition) is 1. The van der Waals surface area contributed by atoms with Crippen LogP contribution in [0.2, 0.25) is 5.02 Å². The molecule has 0 fully saturated rings. The maximum Gasteiger partial charge on any atom is 0.230 e. The molecule has 3 nitrogen and oxygen atoms in total. The normalized spacial score (nSPS) is 10.8. The van der Waals surface area contributed by atoms with Crippen molar-refractivity contribution in [1.82, 2.24) is 5.16 Å². The fourth-order valence-electron chi connectivity index (χ4n) is 2.09. The summed E-state index contributed by atoms with van der Waals surface area (Å²) in [5.74, 6) is 0.257. The number of nitrogen functional groups attached to an aromatic ring is 1. The van der Waals surface area contributed by atoms with Crippen molar-refractivity contribution in [3.63, 3.8) is 0 Å². The second kappa shape index (κ2) is 5.83. The molecule has 3 rings (SSSR count). The van der Waals surface area contributed by atoms with Crippen LogP contribution in [0.3, 0.4) is 0 Å². The smallest absolute Gasteiger partial charge is 0.230 e. The molecular formula is C15H9Br2ClN2O. The van der Waals surface area contributed by atoms with Gasteiger partial charge in [0.15, 0.2) is 0 Å². The summed E-state index contributed by atoms with van der Waals surface area (Å²) >= 11 is 13.2. The van der Waals surface area contributed by atoms with Crippen LogP contribution < -0.4 is 5.73 Å². The van der Waals surface area contributed by atoms with Crippen molar-refractivity contribution in [2.45, 2.75) is 0 Å². The summed E-state index contributed by atoms with van der Waals surface area (Å²) in [7, 11) is 0. The third-order valence-electron chi connectivity index (χ3n) is 3.05. The van der Waals surface area contributed by atoms with E-state index < -0.39 is 0 Å². The van der Waals surface area contributed by atoms with Crippen molar-refractivity contribution in [2.75, 3.05) is 5.73 Å². The number of nitrogens with two attached hydrogens (primary N) is 1. The second-order valence-electron chi connectivity index (χ2n) is 4.37. The summed E-state index contributed by atoms with van der Waals surface area (Å²) in [6.45, 7) is 0. The van der Waals surface area contributed by atoms with Crippen molar-refractivity contribution in [3.05, 3.63) is 56.4 Å². The van der Waals surface area contributed by atoms with Gasteiger partial charge in [0.2, 0.25) is 5.88 Å². The predicted octanol–water partition coefficient (Wildman–Crippen LogP) is 5.77. The van der Waals surface area contributed by atoms with Gasteiger partial charge in [-0.1, -0.05) is 66.8 Å². The van der Waals surface area contributed by atoms with E-state index in [0.29, 0.717) is 10.7 Å². The number of anilines is 1. The van der Waals surface area contributed by atoms with Crippen molar-refractivity contribution >= 4 is 49.3 Å². The van der Waals surface area contributed by atoms with E-state index in [2.05, 4.69) is 37.0 Å². The average Bonchev–Trinajstić information content (AvgIpc) is 2.84. The molecule has 0 spiro atoms. The summed E-state index contributed by atoms with van der Waals surface area (Å²) in [6, 6.07) is 13.3. The Labute approximate surface area is 143 Å². The summed E-state index contributed by atoms with van der Waals surface area (Å²) in [4.78, 5) is 0. The minimum Gasteiger partial charge on any atom is -0.367 e. The predicted molar refractivity (Wildman–Crippen MR) is 92.2 cm³/mol. The zero-order valence-electron chi connectivity index (χ0n) is 10.6. The minimum absolute atomic E-state index is 0.257. The van der Waals surface area contributed by atoms with Gasteiger partial charge in [-0.25, -0.2) is 0 Å². The van der Waals surface area contributed by atoms with Crippen LogP contribution in [0.1, 0.15) is 0 Å². The minimum atomic E-state index is 0.257. The van der Waals surface area contributed by atoms with E-state index in [9.17, 15) is 0 Å². The van der Waals surface area contributed by atoms with E-state index in [1.54, 1.807) is 6.07 Å². The summed E-state index contributed by atoms with van der Waals surface area (Å²) in [5.41, 5.74) is 8.97. The highest BCUT2D eigenvalue weighted by molar-refractivity contribution is 9.10. The lowest BCUT2D eigenvalue weighted by atomic mass is 10.0. The van der Waals surface area contributed by atoms with E-state index in [1.165, 1.54) is 0 Å². The lowest BCUT2D eigenvalue weighted by molar-refractivity contribution is 0.439. The lowest BCUT2D eigenvalue weighted by Gasteiger charge is -2.07. The van der Waals surface area contributed by atoms with Gasteiger partial charge in [-0.3, -0.25) is 0 Å².